The van der Waals surface area contributed by atoms with E-state index in [1.54, 1.807) is 31.6 Å². The number of thiazole rings is 1. The van der Waals surface area contributed by atoms with Crippen LogP contribution in [-0.2, 0) is 0 Å². The van der Waals surface area contributed by atoms with Gasteiger partial charge in [-0.1, -0.05) is 30.1 Å². The maximum Gasteiger partial charge on any atom is 0.190 e. The third kappa shape index (κ3) is 4.22. The molecule has 0 spiro atoms. The largest absolute Gasteiger partial charge is 0.497 e. The number of hydrogen-bond acceptors (Lipinski definition) is 5. The first-order valence-corrected chi connectivity index (χ1v) is 10.5. The molecule has 3 aromatic rings. The monoisotopic (exact) mass is 436 g/mol. The lowest BCUT2D eigenvalue weighted by atomic mass is 10.1. The second kappa shape index (κ2) is 9.03. The maximum absolute atomic E-state index is 6.48. The van der Waals surface area contributed by atoms with E-state index in [0.717, 1.165) is 51.4 Å². The summed E-state index contributed by atoms with van der Waals surface area (Å²) in [4.78, 5) is 8.15. The number of aromatic nitrogens is 1. The fraction of sp³-hybridized carbons (Fsp3) is 0.286. The molecule has 0 aliphatic heterocycles. The molecule has 0 saturated carbocycles. The number of benzene rings is 2. The van der Waals surface area contributed by atoms with E-state index >= 15 is 0 Å². The fourth-order valence-electron chi connectivity index (χ4n) is 2.98. The summed E-state index contributed by atoms with van der Waals surface area (Å²) in [6, 6.07) is 11.2. The van der Waals surface area contributed by atoms with Crippen LogP contribution in [0.5, 0.6) is 11.5 Å². The summed E-state index contributed by atoms with van der Waals surface area (Å²) in [5.74, 6) is 1.48. The number of nitrogens with zero attached hydrogens (tertiary/aromatic N) is 2. The van der Waals surface area contributed by atoms with Crippen molar-refractivity contribution in [3.63, 3.8) is 0 Å². The molecule has 3 rings (SSSR count). The molecule has 2 aromatic carbocycles. The molecule has 0 atom stereocenters. The van der Waals surface area contributed by atoms with E-state index in [9.17, 15) is 0 Å². The molecule has 28 heavy (non-hydrogen) atoms. The molecular weight excluding hydrogens is 415 g/mol. The average molecular weight is 437 g/mol. The quantitative estimate of drug-likeness (QED) is 0.399. The lowest BCUT2D eigenvalue weighted by Gasteiger charge is -2.23. The highest BCUT2D eigenvalue weighted by Gasteiger charge is 2.21. The van der Waals surface area contributed by atoms with Crippen molar-refractivity contribution in [3.8, 4) is 22.8 Å². The Labute approximate surface area is 179 Å². The molecule has 0 bridgehead atoms. The van der Waals surface area contributed by atoms with Crippen LogP contribution in [0.15, 0.2) is 36.4 Å². The van der Waals surface area contributed by atoms with Crippen LogP contribution in [-0.4, -0.2) is 25.7 Å². The van der Waals surface area contributed by atoms with Gasteiger partial charge in [-0.3, -0.25) is 0 Å². The lowest BCUT2D eigenvalue weighted by Crippen LogP contribution is -2.18. The van der Waals surface area contributed by atoms with E-state index in [0.29, 0.717) is 10.0 Å². The first-order valence-electron chi connectivity index (χ1n) is 8.90. The zero-order chi connectivity index (χ0) is 20.3. The highest BCUT2D eigenvalue weighted by atomic mass is 35.5. The van der Waals surface area contributed by atoms with Gasteiger partial charge in [0.15, 0.2) is 5.13 Å². The molecule has 0 radical (unpaired) electrons. The van der Waals surface area contributed by atoms with Gasteiger partial charge in [-0.2, -0.15) is 0 Å². The number of aryl methyl sites for hydroxylation is 1. The Balaban J connectivity index is 2.07. The van der Waals surface area contributed by atoms with Crippen LogP contribution in [0.25, 0.3) is 11.3 Å². The van der Waals surface area contributed by atoms with Crippen molar-refractivity contribution in [2.75, 3.05) is 25.7 Å². The Bertz CT molecular complexity index is 975. The Morgan fingerprint density at radius 3 is 2.50 bits per heavy atom. The summed E-state index contributed by atoms with van der Waals surface area (Å²) >= 11 is 14.4. The van der Waals surface area contributed by atoms with E-state index in [-0.39, 0.29) is 0 Å². The standard InChI is InChI=1S/C21H22Cl2N2O2S/c1-5-10-25(18-11-14(22)6-9-19(18)27-4)21-24-20(13(2)28-21)16-8-7-15(26-3)12-17(16)23/h6-9,11-12H,5,10H2,1-4H3. The smallest absolute Gasteiger partial charge is 0.190 e. The average Bonchev–Trinajstić information content (AvgIpc) is 3.07. The minimum atomic E-state index is 0.613. The van der Waals surface area contributed by atoms with E-state index in [2.05, 4.69) is 18.7 Å². The van der Waals surface area contributed by atoms with Gasteiger partial charge >= 0.3 is 0 Å². The molecule has 0 N–H and O–H groups in total. The van der Waals surface area contributed by atoms with Crippen LogP contribution in [0.4, 0.5) is 10.8 Å². The molecule has 0 saturated heterocycles. The van der Waals surface area contributed by atoms with Gasteiger partial charge in [0.2, 0.25) is 0 Å². The third-order valence-electron chi connectivity index (χ3n) is 4.33. The van der Waals surface area contributed by atoms with Crippen LogP contribution in [0.3, 0.4) is 0 Å². The number of ether oxygens (including phenoxy) is 2. The first-order chi connectivity index (χ1) is 13.5. The molecule has 0 amide bonds. The highest BCUT2D eigenvalue weighted by molar-refractivity contribution is 7.16. The second-order valence-corrected chi connectivity index (χ2v) is 8.24. The summed E-state index contributed by atoms with van der Waals surface area (Å²) in [5.41, 5.74) is 2.66. The zero-order valence-corrected chi connectivity index (χ0v) is 18.6. The Morgan fingerprint density at radius 2 is 1.86 bits per heavy atom. The molecule has 0 unspecified atom stereocenters. The minimum absolute atomic E-state index is 0.613. The molecular formula is C21H22Cl2N2O2S. The second-order valence-electron chi connectivity index (χ2n) is 6.21. The predicted octanol–water partition coefficient (Wildman–Crippen LogP) is 6.99. The third-order valence-corrected chi connectivity index (χ3v) is 5.87. The highest BCUT2D eigenvalue weighted by Crippen LogP contribution is 2.42. The molecule has 0 aliphatic rings. The number of methoxy groups -OCH3 is 2. The molecule has 0 fully saturated rings. The molecule has 4 nitrogen and oxygen atoms in total. The van der Waals surface area contributed by atoms with Crippen LogP contribution >= 0.6 is 34.5 Å². The van der Waals surface area contributed by atoms with Crippen LogP contribution < -0.4 is 14.4 Å². The van der Waals surface area contributed by atoms with Crippen molar-refractivity contribution in [2.45, 2.75) is 20.3 Å². The minimum Gasteiger partial charge on any atom is -0.497 e. The Hall–Kier alpha value is -1.95. The van der Waals surface area contributed by atoms with Crippen LogP contribution in [0.1, 0.15) is 18.2 Å². The SMILES string of the molecule is CCCN(c1nc(-c2ccc(OC)cc2Cl)c(C)s1)c1cc(Cl)ccc1OC. The Kier molecular flexibility index (Phi) is 6.70. The molecule has 7 heteroatoms. The summed E-state index contributed by atoms with van der Waals surface area (Å²) in [7, 11) is 3.28. The van der Waals surface area contributed by atoms with E-state index in [1.807, 2.05) is 30.3 Å². The normalized spacial score (nSPS) is 10.8. The van der Waals surface area contributed by atoms with Crippen LogP contribution in [0.2, 0.25) is 10.0 Å². The zero-order valence-electron chi connectivity index (χ0n) is 16.3. The Morgan fingerprint density at radius 1 is 1.07 bits per heavy atom. The van der Waals surface area contributed by atoms with Gasteiger partial charge in [-0.15, -0.1) is 11.3 Å². The van der Waals surface area contributed by atoms with Crippen molar-refractivity contribution in [2.24, 2.45) is 0 Å². The van der Waals surface area contributed by atoms with Crippen molar-refractivity contribution in [1.29, 1.82) is 0 Å². The van der Waals surface area contributed by atoms with Crippen molar-refractivity contribution in [1.82, 2.24) is 4.98 Å². The van der Waals surface area contributed by atoms with Gasteiger partial charge in [-0.05, 0) is 49.7 Å². The summed E-state index contributed by atoms with van der Waals surface area (Å²) < 4.78 is 10.8. The maximum atomic E-state index is 6.48. The molecule has 1 heterocycles. The van der Waals surface area contributed by atoms with Gasteiger partial charge in [0.05, 0.1) is 30.6 Å². The van der Waals surface area contributed by atoms with Crippen molar-refractivity contribution < 1.29 is 9.47 Å². The van der Waals surface area contributed by atoms with Crippen molar-refractivity contribution in [3.05, 3.63) is 51.3 Å². The lowest BCUT2D eigenvalue weighted by molar-refractivity contribution is 0.415. The molecule has 148 valence electrons. The van der Waals surface area contributed by atoms with Gasteiger partial charge in [0.25, 0.3) is 0 Å². The topological polar surface area (TPSA) is 34.6 Å². The number of rotatable bonds is 7. The molecule has 0 aliphatic carbocycles. The van der Waals surface area contributed by atoms with E-state index in [4.69, 9.17) is 37.7 Å². The van der Waals surface area contributed by atoms with Crippen molar-refractivity contribution >= 4 is 45.4 Å². The number of anilines is 2. The summed E-state index contributed by atoms with van der Waals surface area (Å²) in [6.45, 7) is 4.97. The summed E-state index contributed by atoms with van der Waals surface area (Å²) in [5, 5.41) is 2.15. The number of halogens is 2. The number of hydrogen-bond donors (Lipinski definition) is 0. The summed E-state index contributed by atoms with van der Waals surface area (Å²) in [6.07, 6.45) is 0.951. The van der Waals surface area contributed by atoms with Gasteiger partial charge in [0.1, 0.15) is 11.5 Å². The van der Waals surface area contributed by atoms with Gasteiger partial charge in [0, 0.05) is 22.0 Å². The fourth-order valence-corrected chi connectivity index (χ4v) is 4.37. The van der Waals surface area contributed by atoms with Gasteiger partial charge in [-0.25, -0.2) is 4.98 Å². The first kappa shape index (κ1) is 20.8. The predicted molar refractivity (Wildman–Crippen MR) is 119 cm³/mol. The van der Waals surface area contributed by atoms with Gasteiger partial charge < -0.3 is 14.4 Å². The molecule has 1 aromatic heterocycles. The van der Waals surface area contributed by atoms with Crippen LogP contribution in [0, 0.1) is 6.92 Å². The van der Waals surface area contributed by atoms with E-state index in [1.165, 1.54) is 0 Å². The van der Waals surface area contributed by atoms with E-state index < -0.39 is 0 Å².